The number of aliphatic hydroxyl groups is 1. The predicted octanol–water partition coefficient (Wildman–Crippen LogP) is 3.15. The van der Waals surface area contributed by atoms with Crippen molar-refractivity contribution in [2.45, 2.75) is 37.3 Å². The molecule has 1 aromatic carbocycles. The number of hydrogen-bond donors (Lipinski definition) is 3. The van der Waals surface area contributed by atoms with Gasteiger partial charge >= 0.3 is 5.56 Å². The normalized spacial score (nSPS) is 25.8. The van der Waals surface area contributed by atoms with E-state index in [4.69, 9.17) is 11.6 Å². The molecule has 1 aliphatic heterocycles. The van der Waals surface area contributed by atoms with E-state index in [9.17, 15) is 19.1 Å². The third-order valence-corrected chi connectivity index (χ3v) is 6.70. The average Bonchev–Trinajstić information content (AvgIpc) is 3.22. The number of aryl methyl sites for hydroxylation is 1. The Labute approximate surface area is 185 Å². The lowest BCUT2D eigenvalue weighted by Crippen LogP contribution is -2.58. The number of Topliss-reactive ketones (excluding diaryl/α,β-unsaturated/α-hetero) is 1. The highest BCUT2D eigenvalue weighted by molar-refractivity contribution is 9.10. The summed E-state index contributed by atoms with van der Waals surface area (Å²) in [6.45, 7) is 0.848. The van der Waals surface area contributed by atoms with Gasteiger partial charge in [-0.15, -0.1) is 0 Å². The summed E-state index contributed by atoms with van der Waals surface area (Å²) < 4.78 is 16.4. The number of carbonyl (C=O) groups is 1. The van der Waals surface area contributed by atoms with Crippen molar-refractivity contribution in [2.75, 3.05) is 11.9 Å². The molecule has 2 aromatic rings. The fourth-order valence-electron chi connectivity index (χ4n) is 4.21. The number of ketones is 1. The predicted molar refractivity (Wildman–Crippen MR) is 115 cm³/mol. The summed E-state index contributed by atoms with van der Waals surface area (Å²) >= 11 is 9.50. The number of nitrogens with one attached hydrogen (secondary N) is 2. The number of aromatic nitrogens is 2. The van der Waals surface area contributed by atoms with Crippen molar-refractivity contribution in [1.29, 1.82) is 0 Å². The quantitative estimate of drug-likeness (QED) is 0.547. The monoisotopic (exact) mass is 498 g/mol. The summed E-state index contributed by atoms with van der Waals surface area (Å²) in [5.41, 5.74) is -2.05. The standard InChI is InChI=1S/C20H21BrClFN4O3/c1-27-19(29)15(23)16(25-13-5-4-11(21)7-12(13)22)17(26-27)18(28)10-8-20(30,9-10)14-3-2-6-24-14/h4-5,7,10,14,24-25,30H,2-3,6,8-9H2,1H3/t10?,14-,20?/m1/s1. The molecule has 0 unspecified atom stereocenters. The van der Waals surface area contributed by atoms with E-state index < -0.39 is 28.7 Å². The van der Waals surface area contributed by atoms with E-state index >= 15 is 0 Å². The molecule has 0 spiro atoms. The van der Waals surface area contributed by atoms with Crippen molar-refractivity contribution in [3.63, 3.8) is 0 Å². The van der Waals surface area contributed by atoms with E-state index in [2.05, 4.69) is 31.7 Å². The molecule has 1 aliphatic carbocycles. The highest BCUT2D eigenvalue weighted by Gasteiger charge is 2.52. The van der Waals surface area contributed by atoms with Crippen LogP contribution < -0.4 is 16.2 Å². The van der Waals surface area contributed by atoms with Gasteiger partial charge in [0.1, 0.15) is 5.69 Å². The zero-order valence-corrected chi connectivity index (χ0v) is 18.6. The summed E-state index contributed by atoms with van der Waals surface area (Å²) in [5.74, 6) is -2.02. The first-order chi connectivity index (χ1) is 14.2. The van der Waals surface area contributed by atoms with Crippen LogP contribution in [0.5, 0.6) is 0 Å². The third-order valence-electron chi connectivity index (χ3n) is 5.89. The summed E-state index contributed by atoms with van der Waals surface area (Å²) in [6, 6.07) is 4.87. The Balaban J connectivity index is 1.64. The number of carbonyl (C=O) groups excluding carboxylic acids is 1. The van der Waals surface area contributed by atoms with Gasteiger partial charge in [0.2, 0.25) is 5.82 Å². The molecular weight excluding hydrogens is 479 g/mol. The van der Waals surface area contributed by atoms with Crippen LogP contribution >= 0.6 is 27.5 Å². The molecule has 2 fully saturated rings. The maximum absolute atomic E-state index is 14.9. The summed E-state index contributed by atoms with van der Waals surface area (Å²) in [5, 5.41) is 21.1. The molecule has 1 saturated carbocycles. The largest absolute Gasteiger partial charge is 0.388 e. The zero-order valence-electron chi connectivity index (χ0n) is 16.2. The van der Waals surface area contributed by atoms with Crippen molar-refractivity contribution < 1.29 is 14.3 Å². The van der Waals surface area contributed by atoms with Gasteiger partial charge in [0, 0.05) is 23.5 Å². The van der Waals surface area contributed by atoms with Crippen molar-refractivity contribution in [2.24, 2.45) is 13.0 Å². The van der Waals surface area contributed by atoms with E-state index in [-0.39, 0.29) is 35.3 Å². The molecular formula is C20H21BrClFN4O3. The topological polar surface area (TPSA) is 96.2 Å². The van der Waals surface area contributed by atoms with Gasteiger partial charge in [0.15, 0.2) is 11.5 Å². The first-order valence-electron chi connectivity index (χ1n) is 9.68. The molecule has 1 atom stereocenters. The van der Waals surface area contributed by atoms with Crippen LogP contribution in [-0.4, -0.2) is 38.9 Å². The Hall–Kier alpha value is -1.81. The van der Waals surface area contributed by atoms with E-state index in [0.29, 0.717) is 5.69 Å². The first kappa shape index (κ1) is 21.4. The molecule has 160 valence electrons. The van der Waals surface area contributed by atoms with Crippen LogP contribution in [0.3, 0.4) is 0 Å². The zero-order chi connectivity index (χ0) is 21.6. The molecule has 0 bridgehead atoms. The second-order valence-electron chi connectivity index (χ2n) is 7.94. The smallest absolute Gasteiger partial charge is 0.304 e. The van der Waals surface area contributed by atoms with Gasteiger partial charge in [0.25, 0.3) is 0 Å². The van der Waals surface area contributed by atoms with Gasteiger partial charge in [-0.05, 0) is 50.4 Å². The fraction of sp³-hybridized carbons (Fsp3) is 0.450. The van der Waals surface area contributed by atoms with Crippen LogP contribution in [0.1, 0.15) is 36.2 Å². The minimum Gasteiger partial charge on any atom is -0.388 e. The molecule has 1 saturated heterocycles. The van der Waals surface area contributed by atoms with Gasteiger partial charge < -0.3 is 15.7 Å². The molecule has 10 heteroatoms. The summed E-state index contributed by atoms with van der Waals surface area (Å²) in [4.78, 5) is 25.2. The number of hydrogen-bond acceptors (Lipinski definition) is 6. The molecule has 2 aliphatic rings. The molecule has 1 aromatic heterocycles. The number of benzene rings is 1. The average molecular weight is 500 g/mol. The van der Waals surface area contributed by atoms with E-state index in [1.807, 2.05) is 0 Å². The van der Waals surface area contributed by atoms with Crippen LogP contribution in [-0.2, 0) is 7.05 Å². The summed E-state index contributed by atoms with van der Waals surface area (Å²) in [7, 11) is 1.29. The molecule has 30 heavy (non-hydrogen) atoms. The van der Waals surface area contributed by atoms with Gasteiger partial charge in [-0.2, -0.15) is 9.49 Å². The van der Waals surface area contributed by atoms with Crippen molar-refractivity contribution in [3.05, 3.63) is 49.6 Å². The Morgan fingerprint density at radius 3 is 2.83 bits per heavy atom. The van der Waals surface area contributed by atoms with E-state index in [0.717, 1.165) is 28.5 Å². The van der Waals surface area contributed by atoms with E-state index in [1.165, 1.54) is 7.05 Å². The SMILES string of the molecule is Cn1nc(C(=O)C2CC(O)([C@H]3CCCN3)C2)c(Nc2ccc(Br)cc2Cl)c(F)c1=O. The van der Waals surface area contributed by atoms with Crippen molar-refractivity contribution in [3.8, 4) is 0 Å². The molecule has 4 rings (SSSR count). The van der Waals surface area contributed by atoms with E-state index in [1.54, 1.807) is 18.2 Å². The Morgan fingerprint density at radius 1 is 1.47 bits per heavy atom. The van der Waals surface area contributed by atoms with Crippen LogP contribution in [0, 0.1) is 11.7 Å². The Morgan fingerprint density at radius 2 is 2.20 bits per heavy atom. The fourth-order valence-corrected chi connectivity index (χ4v) is 4.93. The van der Waals surface area contributed by atoms with Crippen LogP contribution in [0.25, 0.3) is 0 Å². The molecule has 0 radical (unpaired) electrons. The Kier molecular flexibility index (Phi) is 5.73. The van der Waals surface area contributed by atoms with Gasteiger partial charge in [-0.25, -0.2) is 4.68 Å². The van der Waals surface area contributed by atoms with Crippen LogP contribution in [0.4, 0.5) is 15.8 Å². The van der Waals surface area contributed by atoms with Crippen molar-refractivity contribution >= 4 is 44.7 Å². The van der Waals surface area contributed by atoms with Crippen molar-refractivity contribution in [1.82, 2.24) is 15.1 Å². The van der Waals surface area contributed by atoms with Crippen LogP contribution in [0.2, 0.25) is 5.02 Å². The maximum atomic E-state index is 14.9. The molecule has 2 heterocycles. The number of anilines is 2. The molecule has 0 amide bonds. The highest BCUT2D eigenvalue weighted by atomic mass is 79.9. The van der Waals surface area contributed by atoms with Gasteiger partial charge in [0.05, 0.1) is 16.3 Å². The minimum atomic E-state index is -1.11. The lowest BCUT2D eigenvalue weighted by molar-refractivity contribution is -0.0857. The highest BCUT2D eigenvalue weighted by Crippen LogP contribution is 2.44. The number of rotatable bonds is 5. The molecule has 7 nitrogen and oxygen atoms in total. The third kappa shape index (κ3) is 3.79. The first-order valence-corrected chi connectivity index (χ1v) is 10.9. The lowest BCUT2D eigenvalue weighted by Gasteiger charge is -2.46. The second-order valence-corrected chi connectivity index (χ2v) is 9.26. The Bertz CT molecular complexity index is 1060. The number of halogens is 3. The summed E-state index contributed by atoms with van der Waals surface area (Å²) in [6.07, 6.45) is 2.39. The van der Waals surface area contributed by atoms with Crippen LogP contribution in [0.15, 0.2) is 27.5 Å². The number of nitrogens with zero attached hydrogens (tertiary/aromatic N) is 2. The molecule has 3 N–H and O–H groups in total. The minimum absolute atomic E-state index is 0.0365. The van der Waals surface area contributed by atoms with Gasteiger partial charge in [-0.1, -0.05) is 27.5 Å². The lowest BCUT2D eigenvalue weighted by atomic mass is 9.64. The second kappa shape index (κ2) is 8.03. The maximum Gasteiger partial charge on any atom is 0.304 e. The van der Waals surface area contributed by atoms with Gasteiger partial charge in [-0.3, -0.25) is 9.59 Å².